The number of carboxylic acid groups (broad SMARTS) is 1. The lowest BCUT2D eigenvalue weighted by Gasteiger charge is -2.14. The first-order valence-corrected chi connectivity index (χ1v) is 6.87. The summed E-state index contributed by atoms with van der Waals surface area (Å²) >= 11 is 5.70. The molecule has 0 heterocycles. The number of hydrogen-bond acceptors (Lipinski definition) is 5. The predicted octanol–water partition coefficient (Wildman–Crippen LogP) is 0.0724. The average Bonchev–Trinajstić information content (AvgIpc) is 2.35. The first kappa shape index (κ1) is 15.7. The normalized spacial score (nSPS) is 13.0. The van der Waals surface area contributed by atoms with E-state index < -0.39 is 28.6 Å². The van der Waals surface area contributed by atoms with E-state index in [1.54, 1.807) is 0 Å². The minimum atomic E-state index is -4.15. The molecule has 1 atom stereocenters. The lowest BCUT2D eigenvalue weighted by molar-refractivity contribution is -0.139. The summed E-state index contributed by atoms with van der Waals surface area (Å²) in [4.78, 5) is 10.4. The molecule has 0 aliphatic rings. The van der Waals surface area contributed by atoms with Gasteiger partial charge in [0, 0.05) is 11.1 Å². The summed E-state index contributed by atoms with van der Waals surface area (Å²) in [5.74, 6) is -1.51. The van der Waals surface area contributed by atoms with Gasteiger partial charge >= 0.3 is 5.97 Å². The van der Waals surface area contributed by atoms with Crippen LogP contribution in [0.25, 0.3) is 0 Å². The second-order valence-corrected chi connectivity index (χ2v) is 5.61. The number of aliphatic carboxylic acids is 1. The molecule has 0 aromatic heterocycles. The van der Waals surface area contributed by atoms with Crippen molar-refractivity contribution in [1.29, 1.82) is 0 Å². The number of rotatable bonds is 6. The Hall–Kier alpha value is -1.35. The summed E-state index contributed by atoms with van der Waals surface area (Å²) < 4.78 is 30.7. The van der Waals surface area contributed by atoms with Gasteiger partial charge in [-0.3, -0.25) is 4.79 Å². The molecule has 9 heteroatoms. The predicted molar refractivity (Wildman–Crippen MR) is 66.8 cm³/mol. The van der Waals surface area contributed by atoms with Crippen molar-refractivity contribution in [1.82, 2.24) is 4.72 Å². The van der Waals surface area contributed by atoms with Crippen LogP contribution in [0.2, 0.25) is 5.02 Å². The van der Waals surface area contributed by atoms with E-state index in [0.29, 0.717) is 0 Å². The Kier molecular flexibility index (Phi) is 5.12. The largest absolute Gasteiger partial charge is 0.495 e. The van der Waals surface area contributed by atoms with Gasteiger partial charge in [0.2, 0.25) is 10.0 Å². The number of benzene rings is 1. The van der Waals surface area contributed by atoms with Gasteiger partial charge in [-0.05, 0) is 12.1 Å². The van der Waals surface area contributed by atoms with Crippen LogP contribution >= 0.6 is 11.6 Å². The molecule has 0 spiro atoms. The molecule has 0 amide bonds. The standard InChI is InChI=1S/C10H12ClNO6S/c1-18-8-4-6(11)2-3-9(8)19(16,17)12-7(5-13)10(14)15/h2-4,7,12-13H,5H2,1H3,(H,14,15). The molecular formula is C10H12ClNO6S. The Morgan fingerprint density at radius 2 is 2.16 bits per heavy atom. The number of hydrogen-bond donors (Lipinski definition) is 3. The third-order valence-electron chi connectivity index (χ3n) is 2.19. The maximum atomic E-state index is 12.0. The summed E-state index contributed by atoms with van der Waals surface area (Å²) in [6, 6.07) is 2.16. The summed E-state index contributed by atoms with van der Waals surface area (Å²) in [6.45, 7) is -0.871. The van der Waals surface area contributed by atoms with E-state index in [1.165, 1.54) is 25.3 Å². The number of methoxy groups -OCH3 is 1. The third-order valence-corrected chi connectivity index (χ3v) is 3.94. The van der Waals surface area contributed by atoms with E-state index in [1.807, 2.05) is 4.72 Å². The van der Waals surface area contributed by atoms with Gasteiger partial charge < -0.3 is 14.9 Å². The van der Waals surface area contributed by atoms with Crippen molar-refractivity contribution < 1.29 is 28.2 Å². The van der Waals surface area contributed by atoms with Crippen molar-refractivity contribution in [3.63, 3.8) is 0 Å². The molecule has 0 saturated carbocycles. The molecular weight excluding hydrogens is 298 g/mol. The van der Waals surface area contributed by atoms with Crippen molar-refractivity contribution in [2.45, 2.75) is 10.9 Å². The Morgan fingerprint density at radius 3 is 2.63 bits per heavy atom. The van der Waals surface area contributed by atoms with Crippen molar-refractivity contribution in [2.75, 3.05) is 13.7 Å². The molecule has 7 nitrogen and oxygen atoms in total. The minimum Gasteiger partial charge on any atom is -0.495 e. The molecule has 0 fully saturated rings. The molecule has 1 aromatic rings. The second kappa shape index (κ2) is 6.20. The highest BCUT2D eigenvalue weighted by molar-refractivity contribution is 7.89. The van der Waals surface area contributed by atoms with Crippen molar-refractivity contribution >= 4 is 27.6 Å². The van der Waals surface area contributed by atoms with Crippen LogP contribution in [-0.2, 0) is 14.8 Å². The fourth-order valence-electron chi connectivity index (χ4n) is 1.28. The van der Waals surface area contributed by atoms with Gasteiger partial charge in [0.15, 0.2) is 0 Å². The minimum absolute atomic E-state index is 0.0259. The first-order valence-electron chi connectivity index (χ1n) is 5.01. The highest BCUT2D eigenvalue weighted by Crippen LogP contribution is 2.27. The van der Waals surface area contributed by atoms with Gasteiger partial charge in [0.25, 0.3) is 0 Å². The number of ether oxygens (including phenoxy) is 1. The second-order valence-electron chi connectivity index (χ2n) is 3.49. The summed E-state index contributed by atoms with van der Waals surface area (Å²) in [7, 11) is -2.90. The molecule has 0 bridgehead atoms. The summed E-state index contributed by atoms with van der Waals surface area (Å²) in [5.41, 5.74) is 0. The summed E-state index contributed by atoms with van der Waals surface area (Å²) in [6.07, 6.45) is 0. The van der Waals surface area contributed by atoms with Crippen LogP contribution in [0.5, 0.6) is 5.75 Å². The molecule has 0 aliphatic heterocycles. The van der Waals surface area contributed by atoms with E-state index in [2.05, 4.69) is 0 Å². The Bertz CT molecular complexity index is 573. The molecule has 1 aromatic carbocycles. The van der Waals surface area contributed by atoms with Crippen LogP contribution in [0.15, 0.2) is 23.1 Å². The lowest BCUT2D eigenvalue weighted by Crippen LogP contribution is -2.43. The number of nitrogens with one attached hydrogen (secondary N) is 1. The Balaban J connectivity index is 3.17. The molecule has 1 rings (SSSR count). The zero-order valence-corrected chi connectivity index (χ0v) is 11.4. The highest BCUT2D eigenvalue weighted by Gasteiger charge is 2.27. The number of aliphatic hydroxyl groups is 1. The molecule has 0 saturated heterocycles. The lowest BCUT2D eigenvalue weighted by atomic mass is 10.3. The van der Waals surface area contributed by atoms with Crippen molar-refractivity contribution in [3.05, 3.63) is 23.2 Å². The molecule has 1 unspecified atom stereocenters. The first-order chi connectivity index (χ1) is 8.81. The SMILES string of the molecule is COc1cc(Cl)ccc1S(=O)(=O)NC(CO)C(=O)O. The van der Waals surface area contributed by atoms with Crippen LogP contribution in [0, 0.1) is 0 Å². The molecule has 3 N–H and O–H groups in total. The third kappa shape index (κ3) is 3.80. The highest BCUT2D eigenvalue weighted by atomic mass is 35.5. The number of halogens is 1. The van der Waals surface area contributed by atoms with Gasteiger partial charge in [0.1, 0.15) is 16.7 Å². The fraction of sp³-hybridized carbons (Fsp3) is 0.300. The van der Waals surface area contributed by atoms with E-state index in [0.717, 1.165) is 0 Å². The zero-order valence-electron chi connectivity index (χ0n) is 9.83. The fourth-order valence-corrected chi connectivity index (χ4v) is 2.77. The van der Waals surface area contributed by atoms with Gasteiger partial charge in [-0.1, -0.05) is 11.6 Å². The van der Waals surface area contributed by atoms with E-state index in [9.17, 15) is 13.2 Å². The van der Waals surface area contributed by atoms with E-state index in [-0.39, 0.29) is 15.7 Å². The van der Waals surface area contributed by atoms with E-state index >= 15 is 0 Å². The van der Waals surface area contributed by atoms with E-state index in [4.69, 9.17) is 26.6 Å². The maximum Gasteiger partial charge on any atom is 0.324 e. The maximum absolute atomic E-state index is 12.0. The monoisotopic (exact) mass is 309 g/mol. The van der Waals surface area contributed by atoms with Crippen LogP contribution in [0.3, 0.4) is 0 Å². The van der Waals surface area contributed by atoms with Crippen molar-refractivity contribution in [2.24, 2.45) is 0 Å². The average molecular weight is 310 g/mol. The van der Waals surface area contributed by atoms with Crippen molar-refractivity contribution in [3.8, 4) is 5.75 Å². The quantitative estimate of drug-likeness (QED) is 0.685. The number of carbonyl (C=O) groups is 1. The number of aliphatic hydroxyl groups excluding tert-OH is 1. The van der Waals surface area contributed by atoms with Gasteiger partial charge in [-0.25, -0.2) is 8.42 Å². The topological polar surface area (TPSA) is 113 Å². The molecule has 106 valence electrons. The smallest absolute Gasteiger partial charge is 0.324 e. The van der Waals surface area contributed by atoms with Gasteiger partial charge in [0.05, 0.1) is 13.7 Å². The van der Waals surface area contributed by atoms with Gasteiger partial charge in [-0.2, -0.15) is 4.72 Å². The molecule has 0 aliphatic carbocycles. The summed E-state index contributed by atoms with van der Waals surface area (Å²) in [5, 5.41) is 17.8. The Labute approximate surface area is 114 Å². The van der Waals surface area contributed by atoms with Gasteiger partial charge in [-0.15, -0.1) is 0 Å². The number of carboxylic acids is 1. The zero-order chi connectivity index (χ0) is 14.6. The van der Waals surface area contributed by atoms with Crippen LogP contribution in [0.1, 0.15) is 0 Å². The van der Waals surface area contributed by atoms with Crippen LogP contribution in [0.4, 0.5) is 0 Å². The molecule has 19 heavy (non-hydrogen) atoms. The Morgan fingerprint density at radius 1 is 1.53 bits per heavy atom. The number of sulfonamides is 1. The van der Waals surface area contributed by atoms with Crippen LogP contribution in [-0.4, -0.2) is 44.4 Å². The van der Waals surface area contributed by atoms with Crippen LogP contribution < -0.4 is 9.46 Å². The molecule has 0 radical (unpaired) electrons.